The summed E-state index contributed by atoms with van der Waals surface area (Å²) in [6, 6.07) is -0.0995. The number of carbonyl (C=O) groups is 1. The van der Waals surface area contributed by atoms with Gasteiger partial charge in [-0.05, 0) is 18.6 Å². The van der Waals surface area contributed by atoms with Crippen molar-refractivity contribution in [1.29, 1.82) is 0 Å². The van der Waals surface area contributed by atoms with Gasteiger partial charge in [0.05, 0.1) is 0 Å². The molecule has 1 amide bonds. The Kier molecular flexibility index (Phi) is 1.66. The van der Waals surface area contributed by atoms with Crippen LogP contribution >= 0.6 is 12.2 Å². The Bertz CT molecular complexity index is 157. The van der Waals surface area contributed by atoms with E-state index in [-0.39, 0.29) is 11.9 Å². The molecule has 1 rings (SSSR count). The lowest BCUT2D eigenvalue weighted by Gasteiger charge is -1.99. The molecule has 1 heterocycles. The second-order valence-electron chi connectivity index (χ2n) is 1.92. The number of nitrogens with one attached hydrogen (secondary N) is 2. The Labute approximate surface area is 58.8 Å². The number of hydrogen-bond donors (Lipinski definition) is 2. The van der Waals surface area contributed by atoms with Gasteiger partial charge in [-0.3, -0.25) is 4.79 Å². The summed E-state index contributed by atoms with van der Waals surface area (Å²) >= 11 is 4.70. The van der Waals surface area contributed by atoms with E-state index < -0.39 is 0 Å². The SMILES string of the molecule is CC[C@@H]1NC(=S)NC1=O. The van der Waals surface area contributed by atoms with E-state index in [0.29, 0.717) is 5.11 Å². The van der Waals surface area contributed by atoms with E-state index in [9.17, 15) is 4.79 Å². The lowest BCUT2D eigenvalue weighted by atomic mass is 10.2. The van der Waals surface area contributed by atoms with Crippen molar-refractivity contribution in [2.75, 3.05) is 0 Å². The van der Waals surface area contributed by atoms with Crippen LogP contribution in [-0.4, -0.2) is 17.1 Å². The predicted octanol–water partition coefficient (Wildman–Crippen LogP) is -0.231. The topological polar surface area (TPSA) is 41.1 Å². The van der Waals surface area contributed by atoms with Gasteiger partial charge in [-0.1, -0.05) is 6.92 Å². The summed E-state index contributed by atoms with van der Waals surface area (Å²) in [7, 11) is 0. The number of thiocarbonyl (C=S) groups is 1. The third kappa shape index (κ3) is 1.18. The van der Waals surface area contributed by atoms with E-state index in [4.69, 9.17) is 12.2 Å². The molecule has 9 heavy (non-hydrogen) atoms. The molecule has 0 spiro atoms. The van der Waals surface area contributed by atoms with Crippen LogP contribution in [0.25, 0.3) is 0 Å². The first-order valence-electron chi connectivity index (χ1n) is 2.85. The molecule has 0 aromatic heterocycles. The number of carbonyl (C=O) groups excluding carboxylic acids is 1. The summed E-state index contributed by atoms with van der Waals surface area (Å²) in [5.41, 5.74) is 0. The minimum absolute atomic E-state index is 0.0116. The highest BCUT2D eigenvalue weighted by Gasteiger charge is 2.24. The Morgan fingerprint density at radius 3 is 2.67 bits per heavy atom. The monoisotopic (exact) mass is 144 g/mol. The normalized spacial score (nSPS) is 25.7. The summed E-state index contributed by atoms with van der Waals surface area (Å²) in [6.45, 7) is 1.94. The molecule has 1 saturated heterocycles. The summed E-state index contributed by atoms with van der Waals surface area (Å²) in [5, 5.41) is 5.77. The maximum Gasteiger partial charge on any atom is 0.248 e. The van der Waals surface area contributed by atoms with Crippen LogP contribution < -0.4 is 10.6 Å². The maximum absolute atomic E-state index is 10.8. The fourth-order valence-corrected chi connectivity index (χ4v) is 0.989. The van der Waals surface area contributed by atoms with Crippen molar-refractivity contribution >= 4 is 23.2 Å². The Balaban J connectivity index is 2.58. The molecular weight excluding hydrogens is 136 g/mol. The van der Waals surface area contributed by atoms with Crippen molar-refractivity contribution in [2.45, 2.75) is 19.4 Å². The second-order valence-corrected chi connectivity index (χ2v) is 2.33. The van der Waals surface area contributed by atoms with Gasteiger partial charge in [0, 0.05) is 0 Å². The lowest BCUT2D eigenvalue weighted by Crippen LogP contribution is -2.27. The minimum Gasteiger partial charge on any atom is -0.351 e. The number of rotatable bonds is 1. The van der Waals surface area contributed by atoms with E-state index in [1.807, 2.05) is 6.92 Å². The fraction of sp³-hybridized carbons (Fsp3) is 0.600. The standard InChI is InChI=1S/C5H8N2OS/c1-2-3-4(8)7-5(9)6-3/h3H,2H2,1H3,(H2,6,7,8,9)/t3-/m0/s1. The van der Waals surface area contributed by atoms with Crippen molar-refractivity contribution in [3.05, 3.63) is 0 Å². The molecule has 0 unspecified atom stereocenters. The number of amides is 1. The first-order chi connectivity index (χ1) is 4.24. The Hall–Kier alpha value is -0.640. The highest BCUT2D eigenvalue weighted by atomic mass is 32.1. The third-order valence-corrected chi connectivity index (χ3v) is 1.49. The van der Waals surface area contributed by atoms with Crippen molar-refractivity contribution in [2.24, 2.45) is 0 Å². The fourth-order valence-electron chi connectivity index (χ4n) is 0.746. The third-order valence-electron chi connectivity index (χ3n) is 1.27. The molecule has 0 saturated carbocycles. The van der Waals surface area contributed by atoms with Gasteiger partial charge >= 0.3 is 0 Å². The molecule has 1 aliphatic heterocycles. The molecule has 0 aromatic carbocycles. The molecule has 3 nitrogen and oxygen atoms in total. The largest absolute Gasteiger partial charge is 0.351 e. The van der Waals surface area contributed by atoms with Crippen molar-refractivity contribution in [1.82, 2.24) is 10.6 Å². The van der Waals surface area contributed by atoms with E-state index in [1.54, 1.807) is 0 Å². The zero-order valence-corrected chi connectivity index (χ0v) is 5.92. The molecule has 4 heteroatoms. The van der Waals surface area contributed by atoms with E-state index in [1.165, 1.54) is 0 Å². The molecule has 0 aromatic rings. The highest BCUT2D eigenvalue weighted by molar-refractivity contribution is 7.80. The van der Waals surface area contributed by atoms with Gasteiger partial charge in [0.1, 0.15) is 6.04 Å². The van der Waals surface area contributed by atoms with Crippen LogP contribution in [0.5, 0.6) is 0 Å². The Morgan fingerprint density at radius 1 is 1.78 bits per heavy atom. The Morgan fingerprint density at radius 2 is 2.44 bits per heavy atom. The van der Waals surface area contributed by atoms with Gasteiger partial charge in [-0.25, -0.2) is 0 Å². The van der Waals surface area contributed by atoms with Crippen molar-refractivity contribution < 1.29 is 4.79 Å². The van der Waals surface area contributed by atoms with E-state index in [0.717, 1.165) is 6.42 Å². The molecule has 1 atom stereocenters. The van der Waals surface area contributed by atoms with E-state index >= 15 is 0 Å². The maximum atomic E-state index is 10.8. The molecule has 50 valence electrons. The van der Waals surface area contributed by atoms with Gasteiger partial charge < -0.3 is 10.6 Å². The second kappa shape index (κ2) is 2.31. The molecular formula is C5H8N2OS. The zero-order chi connectivity index (χ0) is 6.85. The van der Waals surface area contributed by atoms with Crippen LogP contribution in [0.4, 0.5) is 0 Å². The van der Waals surface area contributed by atoms with Crippen LogP contribution in [0.2, 0.25) is 0 Å². The van der Waals surface area contributed by atoms with Gasteiger partial charge in [0.25, 0.3) is 0 Å². The molecule has 0 bridgehead atoms. The van der Waals surface area contributed by atoms with Crippen LogP contribution in [0.3, 0.4) is 0 Å². The predicted molar refractivity (Wildman–Crippen MR) is 38.0 cm³/mol. The van der Waals surface area contributed by atoms with Gasteiger partial charge in [0.15, 0.2) is 5.11 Å². The molecule has 1 aliphatic rings. The van der Waals surface area contributed by atoms with Crippen LogP contribution in [0, 0.1) is 0 Å². The van der Waals surface area contributed by atoms with Gasteiger partial charge in [-0.15, -0.1) is 0 Å². The van der Waals surface area contributed by atoms with Crippen LogP contribution in [0.1, 0.15) is 13.3 Å². The summed E-state index contributed by atoms with van der Waals surface area (Å²) in [5.74, 6) is -0.0116. The molecule has 2 N–H and O–H groups in total. The molecule has 1 fully saturated rings. The first-order valence-corrected chi connectivity index (χ1v) is 3.26. The van der Waals surface area contributed by atoms with Crippen molar-refractivity contribution in [3.63, 3.8) is 0 Å². The lowest BCUT2D eigenvalue weighted by molar-refractivity contribution is -0.120. The summed E-state index contributed by atoms with van der Waals surface area (Å²) in [4.78, 5) is 10.8. The van der Waals surface area contributed by atoms with Gasteiger partial charge in [0.2, 0.25) is 5.91 Å². The summed E-state index contributed by atoms with van der Waals surface area (Å²) in [6.07, 6.45) is 0.784. The van der Waals surface area contributed by atoms with Crippen molar-refractivity contribution in [3.8, 4) is 0 Å². The quantitative estimate of drug-likeness (QED) is 0.499. The number of hydrogen-bond acceptors (Lipinski definition) is 2. The average Bonchev–Trinajstić information content (AvgIpc) is 2.10. The molecule has 0 radical (unpaired) electrons. The highest BCUT2D eigenvalue weighted by Crippen LogP contribution is 1.96. The first kappa shape index (κ1) is 6.48. The smallest absolute Gasteiger partial charge is 0.248 e. The van der Waals surface area contributed by atoms with Gasteiger partial charge in [-0.2, -0.15) is 0 Å². The van der Waals surface area contributed by atoms with Crippen LogP contribution in [0.15, 0.2) is 0 Å². The zero-order valence-electron chi connectivity index (χ0n) is 5.10. The molecule has 0 aliphatic carbocycles. The summed E-state index contributed by atoms with van der Waals surface area (Å²) < 4.78 is 0. The van der Waals surface area contributed by atoms with E-state index in [2.05, 4.69) is 10.6 Å². The minimum atomic E-state index is -0.0995. The average molecular weight is 144 g/mol. The van der Waals surface area contributed by atoms with Crippen LogP contribution in [-0.2, 0) is 4.79 Å².